The lowest BCUT2D eigenvalue weighted by Crippen LogP contribution is -2.17. The van der Waals surface area contributed by atoms with Crippen LogP contribution in [-0.4, -0.2) is 13.3 Å². The first-order valence-corrected chi connectivity index (χ1v) is 6.18. The summed E-state index contributed by atoms with van der Waals surface area (Å²) < 4.78 is 13.8. The normalized spacial score (nSPS) is 10.3. The van der Waals surface area contributed by atoms with Crippen molar-refractivity contribution in [3.05, 3.63) is 64.4 Å². The molecule has 0 unspecified atom stereocenters. The number of hydrogen-bond acceptors (Lipinski definition) is 2. The highest BCUT2D eigenvalue weighted by Gasteiger charge is 2.09. The Morgan fingerprint density at radius 3 is 2.68 bits per heavy atom. The zero-order valence-corrected chi connectivity index (χ0v) is 11.2. The Kier molecular flexibility index (Phi) is 4.17. The number of benzene rings is 2. The minimum Gasteiger partial charge on any atom is -0.368 e. The monoisotopic (exact) mass is 277 g/mol. The van der Waals surface area contributed by atoms with E-state index in [-0.39, 0.29) is 0 Å². The van der Waals surface area contributed by atoms with Crippen molar-refractivity contribution in [2.24, 2.45) is 0 Å². The van der Waals surface area contributed by atoms with Crippen molar-refractivity contribution in [1.29, 1.82) is 0 Å². The van der Waals surface area contributed by atoms with E-state index in [1.54, 1.807) is 30.1 Å². The van der Waals surface area contributed by atoms with Gasteiger partial charge in [-0.2, -0.15) is 0 Å². The Bertz CT molecular complexity index is 600. The Labute approximate surface area is 116 Å². The molecule has 0 aliphatic carbocycles. The maximum absolute atomic E-state index is 13.8. The minimum atomic E-state index is -0.408. The molecule has 0 N–H and O–H groups in total. The van der Waals surface area contributed by atoms with Gasteiger partial charge < -0.3 is 4.90 Å². The summed E-state index contributed by atoms with van der Waals surface area (Å²) in [5, 5.41) is 0.655. The number of carbonyl (C=O) groups is 1. The molecule has 2 rings (SSSR count). The van der Waals surface area contributed by atoms with Crippen LogP contribution in [0.5, 0.6) is 0 Å². The fraction of sp³-hybridized carbons (Fsp3) is 0.133. The van der Waals surface area contributed by atoms with Gasteiger partial charge in [0.25, 0.3) is 0 Å². The van der Waals surface area contributed by atoms with Crippen molar-refractivity contribution in [1.82, 2.24) is 0 Å². The minimum absolute atomic E-state index is 0.331. The van der Waals surface area contributed by atoms with Crippen LogP contribution in [0.2, 0.25) is 5.02 Å². The molecule has 0 radical (unpaired) electrons. The van der Waals surface area contributed by atoms with Crippen molar-refractivity contribution in [3.8, 4) is 0 Å². The first-order chi connectivity index (χ1) is 9.10. The zero-order valence-electron chi connectivity index (χ0n) is 10.4. The van der Waals surface area contributed by atoms with E-state index in [9.17, 15) is 9.18 Å². The van der Waals surface area contributed by atoms with E-state index >= 15 is 0 Å². The second-order valence-electron chi connectivity index (χ2n) is 4.31. The van der Waals surface area contributed by atoms with E-state index in [0.717, 1.165) is 5.56 Å². The molecule has 98 valence electrons. The summed E-state index contributed by atoms with van der Waals surface area (Å²) in [4.78, 5) is 12.3. The molecule has 0 aliphatic rings. The van der Waals surface area contributed by atoms with Crippen LogP contribution in [0.4, 0.5) is 10.1 Å². The molecule has 0 atom stereocenters. The predicted molar refractivity (Wildman–Crippen MR) is 75.3 cm³/mol. The average Bonchev–Trinajstić information content (AvgIpc) is 2.38. The second kappa shape index (κ2) is 5.85. The van der Waals surface area contributed by atoms with E-state index < -0.39 is 5.82 Å². The summed E-state index contributed by atoms with van der Waals surface area (Å²) in [6.45, 7) is 0.540. The first kappa shape index (κ1) is 13.6. The summed E-state index contributed by atoms with van der Waals surface area (Å²) in [6, 6.07) is 11.9. The molecular weight excluding hydrogens is 265 g/mol. The SMILES string of the molecule is CN(Cc1cccc(Cl)c1)c1ccc(C=O)cc1F. The molecule has 0 amide bonds. The lowest BCUT2D eigenvalue weighted by Gasteiger charge is -2.20. The van der Waals surface area contributed by atoms with Gasteiger partial charge in [0.05, 0.1) is 5.69 Å². The molecule has 0 saturated heterocycles. The van der Waals surface area contributed by atoms with Gasteiger partial charge in [-0.15, -0.1) is 0 Å². The van der Waals surface area contributed by atoms with Gasteiger partial charge in [0.15, 0.2) is 0 Å². The van der Waals surface area contributed by atoms with Crippen LogP contribution in [0, 0.1) is 5.82 Å². The zero-order chi connectivity index (χ0) is 13.8. The van der Waals surface area contributed by atoms with Gasteiger partial charge in [0.1, 0.15) is 12.1 Å². The highest BCUT2D eigenvalue weighted by molar-refractivity contribution is 6.30. The maximum Gasteiger partial charge on any atom is 0.150 e. The Hall–Kier alpha value is -1.87. The fourth-order valence-electron chi connectivity index (χ4n) is 1.90. The first-order valence-electron chi connectivity index (χ1n) is 5.80. The standard InChI is InChI=1S/C15H13ClFNO/c1-18(9-11-3-2-4-13(16)7-11)15-6-5-12(10-19)8-14(15)17/h2-8,10H,9H2,1H3. The van der Waals surface area contributed by atoms with Gasteiger partial charge in [-0.05, 0) is 35.9 Å². The summed E-state index contributed by atoms with van der Waals surface area (Å²) in [5.41, 5.74) is 1.77. The van der Waals surface area contributed by atoms with Crippen LogP contribution >= 0.6 is 11.6 Å². The molecule has 2 aromatic carbocycles. The fourth-order valence-corrected chi connectivity index (χ4v) is 2.11. The third-order valence-electron chi connectivity index (χ3n) is 2.83. The van der Waals surface area contributed by atoms with Crippen LogP contribution < -0.4 is 4.90 Å². The average molecular weight is 278 g/mol. The Morgan fingerprint density at radius 1 is 1.26 bits per heavy atom. The molecule has 2 nitrogen and oxygen atoms in total. The number of anilines is 1. The second-order valence-corrected chi connectivity index (χ2v) is 4.75. The lowest BCUT2D eigenvalue weighted by atomic mass is 10.1. The Balaban J connectivity index is 2.20. The van der Waals surface area contributed by atoms with E-state index in [2.05, 4.69) is 0 Å². The number of rotatable bonds is 4. The van der Waals surface area contributed by atoms with Crippen molar-refractivity contribution in [3.63, 3.8) is 0 Å². The van der Waals surface area contributed by atoms with Gasteiger partial charge in [0, 0.05) is 24.2 Å². The van der Waals surface area contributed by atoms with Gasteiger partial charge >= 0.3 is 0 Å². The van der Waals surface area contributed by atoms with Crippen LogP contribution in [-0.2, 0) is 6.54 Å². The quantitative estimate of drug-likeness (QED) is 0.789. The Morgan fingerprint density at radius 2 is 2.05 bits per heavy atom. The van der Waals surface area contributed by atoms with E-state index in [1.807, 2.05) is 18.2 Å². The number of halogens is 2. The summed E-state index contributed by atoms with van der Waals surface area (Å²) >= 11 is 5.91. The molecule has 19 heavy (non-hydrogen) atoms. The number of hydrogen-bond donors (Lipinski definition) is 0. The van der Waals surface area contributed by atoms with Gasteiger partial charge in [-0.25, -0.2) is 4.39 Å². The smallest absolute Gasteiger partial charge is 0.150 e. The van der Waals surface area contributed by atoms with E-state index in [1.165, 1.54) is 6.07 Å². The number of nitrogens with zero attached hydrogens (tertiary/aromatic N) is 1. The molecule has 0 fully saturated rings. The van der Waals surface area contributed by atoms with Crippen LogP contribution in [0.25, 0.3) is 0 Å². The van der Waals surface area contributed by atoms with Gasteiger partial charge in [-0.3, -0.25) is 4.79 Å². The van der Waals surface area contributed by atoms with Crippen molar-refractivity contribution < 1.29 is 9.18 Å². The molecule has 0 bridgehead atoms. The van der Waals surface area contributed by atoms with Crippen LogP contribution in [0.15, 0.2) is 42.5 Å². The van der Waals surface area contributed by atoms with Gasteiger partial charge in [0.2, 0.25) is 0 Å². The molecule has 0 aliphatic heterocycles. The molecule has 0 saturated carbocycles. The van der Waals surface area contributed by atoms with Crippen LogP contribution in [0.1, 0.15) is 15.9 Å². The third kappa shape index (κ3) is 3.32. The maximum atomic E-state index is 13.8. The third-order valence-corrected chi connectivity index (χ3v) is 3.06. The largest absolute Gasteiger partial charge is 0.368 e. The van der Waals surface area contributed by atoms with Crippen molar-refractivity contribution in [2.75, 3.05) is 11.9 Å². The van der Waals surface area contributed by atoms with Crippen LogP contribution in [0.3, 0.4) is 0 Å². The number of aldehydes is 1. The summed E-state index contributed by atoms with van der Waals surface area (Å²) in [5.74, 6) is -0.408. The predicted octanol–water partition coefficient (Wildman–Crippen LogP) is 3.93. The summed E-state index contributed by atoms with van der Waals surface area (Å²) in [7, 11) is 1.79. The van der Waals surface area contributed by atoms with E-state index in [4.69, 9.17) is 11.6 Å². The van der Waals surface area contributed by atoms with Crippen molar-refractivity contribution >= 4 is 23.6 Å². The molecule has 0 spiro atoms. The van der Waals surface area contributed by atoms with E-state index in [0.29, 0.717) is 29.1 Å². The van der Waals surface area contributed by atoms with Gasteiger partial charge in [-0.1, -0.05) is 23.7 Å². The lowest BCUT2D eigenvalue weighted by molar-refractivity contribution is 0.112. The highest BCUT2D eigenvalue weighted by atomic mass is 35.5. The number of carbonyl (C=O) groups excluding carboxylic acids is 1. The molecule has 0 aromatic heterocycles. The summed E-state index contributed by atoms with van der Waals surface area (Å²) in [6.07, 6.45) is 0.629. The molecule has 0 heterocycles. The highest BCUT2D eigenvalue weighted by Crippen LogP contribution is 2.21. The van der Waals surface area contributed by atoms with Crippen molar-refractivity contribution in [2.45, 2.75) is 6.54 Å². The topological polar surface area (TPSA) is 20.3 Å². The molecule has 4 heteroatoms. The molecular formula is C15H13ClFNO. The molecule has 2 aromatic rings.